The largest absolute Gasteiger partial charge is 0.312 e. The van der Waals surface area contributed by atoms with Crippen molar-refractivity contribution >= 4 is 11.6 Å². The smallest absolute Gasteiger partial charge is 0.129 e. The molecule has 0 amide bonds. The van der Waals surface area contributed by atoms with Crippen LogP contribution in [0.1, 0.15) is 16.7 Å². The van der Waals surface area contributed by atoms with E-state index < -0.39 is 0 Å². The first-order valence-corrected chi connectivity index (χ1v) is 6.70. The average molecular weight is 289 g/mol. The van der Waals surface area contributed by atoms with Gasteiger partial charge in [-0.05, 0) is 42.8 Å². The Morgan fingerprint density at radius 3 is 2.55 bits per heavy atom. The third-order valence-corrected chi connectivity index (χ3v) is 3.25. The minimum Gasteiger partial charge on any atom is -0.312 e. The predicted molar refractivity (Wildman–Crippen MR) is 78.0 cm³/mol. The van der Waals surface area contributed by atoms with Gasteiger partial charge in [0.15, 0.2) is 0 Å². The Balaban J connectivity index is 1.81. The molecule has 0 heterocycles. The van der Waals surface area contributed by atoms with Crippen molar-refractivity contribution < 1.29 is 4.39 Å². The van der Waals surface area contributed by atoms with Gasteiger partial charge in [-0.25, -0.2) is 4.39 Å². The Labute approximate surface area is 122 Å². The predicted octanol–water partition coefficient (Wildman–Crippen LogP) is 3.68. The van der Waals surface area contributed by atoms with E-state index in [1.165, 1.54) is 11.6 Å². The number of nitrogens with zero attached hydrogens (tertiary/aromatic N) is 1. The van der Waals surface area contributed by atoms with E-state index in [0.29, 0.717) is 17.7 Å². The van der Waals surface area contributed by atoms with Gasteiger partial charge in [0.2, 0.25) is 0 Å². The molecular weight excluding hydrogens is 275 g/mol. The van der Waals surface area contributed by atoms with E-state index in [4.69, 9.17) is 16.9 Å². The van der Waals surface area contributed by atoms with E-state index in [1.807, 2.05) is 30.3 Å². The molecule has 0 aromatic heterocycles. The lowest BCUT2D eigenvalue weighted by Crippen LogP contribution is -2.17. The summed E-state index contributed by atoms with van der Waals surface area (Å²) in [5.74, 6) is -0.344. The Hall–Kier alpha value is -1.89. The van der Waals surface area contributed by atoms with Crippen LogP contribution in [0.4, 0.5) is 4.39 Å². The Morgan fingerprint density at radius 1 is 1.15 bits per heavy atom. The van der Waals surface area contributed by atoms with Crippen LogP contribution >= 0.6 is 11.6 Å². The van der Waals surface area contributed by atoms with Gasteiger partial charge >= 0.3 is 0 Å². The maximum absolute atomic E-state index is 13.6. The van der Waals surface area contributed by atoms with E-state index in [0.717, 1.165) is 18.0 Å². The molecule has 0 bridgehead atoms. The van der Waals surface area contributed by atoms with Crippen molar-refractivity contribution in [3.05, 3.63) is 70.0 Å². The van der Waals surface area contributed by atoms with Gasteiger partial charge < -0.3 is 5.32 Å². The van der Waals surface area contributed by atoms with Crippen LogP contribution in [0, 0.1) is 17.1 Å². The highest BCUT2D eigenvalue weighted by Gasteiger charge is 2.03. The molecule has 0 aliphatic carbocycles. The first-order valence-electron chi connectivity index (χ1n) is 6.33. The number of rotatable bonds is 5. The van der Waals surface area contributed by atoms with Crippen LogP contribution in [0.3, 0.4) is 0 Å². The minimum absolute atomic E-state index is 0.340. The first kappa shape index (κ1) is 14.5. The Morgan fingerprint density at radius 2 is 1.90 bits per heavy atom. The standard InChI is InChI=1S/C16H14ClFN2/c17-15-5-2-12(3-6-15)7-8-20-11-14-4-1-13(10-19)9-16(14)18/h1-6,9,20H,7-8,11H2. The summed E-state index contributed by atoms with van der Waals surface area (Å²) in [5.41, 5.74) is 2.09. The van der Waals surface area contributed by atoms with Crippen molar-refractivity contribution in [3.8, 4) is 6.07 Å². The van der Waals surface area contributed by atoms with Crippen molar-refractivity contribution in [2.24, 2.45) is 0 Å². The van der Waals surface area contributed by atoms with Crippen molar-refractivity contribution in [2.45, 2.75) is 13.0 Å². The van der Waals surface area contributed by atoms with Gasteiger partial charge in [-0.3, -0.25) is 0 Å². The third-order valence-electron chi connectivity index (χ3n) is 3.00. The molecule has 4 heteroatoms. The summed E-state index contributed by atoms with van der Waals surface area (Å²) in [4.78, 5) is 0. The second-order valence-electron chi connectivity index (χ2n) is 4.47. The van der Waals surface area contributed by atoms with Gasteiger partial charge in [0.25, 0.3) is 0 Å². The molecule has 2 nitrogen and oxygen atoms in total. The molecule has 2 rings (SSSR count). The molecule has 102 valence electrons. The second-order valence-corrected chi connectivity index (χ2v) is 4.91. The molecule has 2 aromatic rings. The SMILES string of the molecule is N#Cc1ccc(CNCCc2ccc(Cl)cc2)c(F)c1. The van der Waals surface area contributed by atoms with Crippen LogP contribution in [-0.2, 0) is 13.0 Å². The van der Waals surface area contributed by atoms with Crippen molar-refractivity contribution in [2.75, 3.05) is 6.54 Å². The highest BCUT2D eigenvalue weighted by molar-refractivity contribution is 6.30. The van der Waals surface area contributed by atoms with Crippen molar-refractivity contribution in [1.82, 2.24) is 5.32 Å². The van der Waals surface area contributed by atoms with Gasteiger partial charge in [-0.15, -0.1) is 0 Å². The van der Waals surface area contributed by atoms with Crippen molar-refractivity contribution in [1.29, 1.82) is 5.26 Å². The summed E-state index contributed by atoms with van der Waals surface area (Å²) < 4.78 is 13.6. The van der Waals surface area contributed by atoms with Crippen LogP contribution < -0.4 is 5.32 Å². The summed E-state index contributed by atoms with van der Waals surface area (Å²) in [6.45, 7) is 1.20. The maximum atomic E-state index is 13.6. The maximum Gasteiger partial charge on any atom is 0.129 e. The zero-order valence-electron chi connectivity index (χ0n) is 10.9. The van der Waals surface area contributed by atoms with E-state index >= 15 is 0 Å². The lowest BCUT2D eigenvalue weighted by molar-refractivity contribution is 0.588. The zero-order valence-corrected chi connectivity index (χ0v) is 11.6. The third kappa shape index (κ3) is 4.06. The fraction of sp³-hybridized carbons (Fsp3) is 0.188. The summed E-state index contributed by atoms with van der Waals surface area (Å²) in [6.07, 6.45) is 0.856. The van der Waals surface area contributed by atoms with E-state index in [9.17, 15) is 4.39 Å². The normalized spacial score (nSPS) is 10.2. The molecule has 0 unspecified atom stereocenters. The molecule has 2 aromatic carbocycles. The fourth-order valence-corrected chi connectivity index (χ4v) is 1.99. The second kappa shape index (κ2) is 7.04. The van der Waals surface area contributed by atoms with E-state index in [2.05, 4.69) is 5.32 Å². The highest BCUT2D eigenvalue weighted by atomic mass is 35.5. The van der Waals surface area contributed by atoms with Gasteiger partial charge in [0, 0.05) is 17.1 Å². The molecule has 0 aliphatic rings. The molecule has 0 fully saturated rings. The minimum atomic E-state index is -0.344. The first-order chi connectivity index (χ1) is 9.69. The molecule has 0 atom stereocenters. The topological polar surface area (TPSA) is 35.8 Å². The van der Waals surface area contributed by atoms with E-state index in [1.54, 1.807) is 12.1 Å². The van der Waals surface area contributed by atoms with Gasteiger partial charge in [0.1, 0.15) is 5.82 Å². The molecule has 0 saturated carbocycles. The Kier molecular flexibility index (Phi) is 5.11. The lowest BCUT2D eigenvalue weighted by Gasteiger charge is -2.06. The fourth-order valence-electron chi connectivity index (χ4n) is 1.87. The highest BCUT2D eigenvalue weighted by Crippen LogP contribution is 2.11. The molecule has 0 radical (unpaired) electrons. The molecule has 0 spiro atoms. The molecular formula is C16H14ClFN2. The summed E-state index contributed by atoms with van der Waals surface area (Å²) in [6, 6.07) is 14.1. The molecule has 1 N–H and O–H groups in total. The number of hydrogen-bond donors (Lipinski definition) is 1. The van der Waals surface area contributed by atoms with Crippen LogP contribution in [0.25, 0.3) is 0 Å². The number of benzene rings is 2. The van der Waals surface area contributed by atoms with E-state index in [-0.39, 0.29) is 5.82 Å². The zero-order chi connectivity index (χ0) is 14.4. The molecule has 20 heavy (non-hydrogen) atoms. The Bertz CT molecular complexity index is 617. The lowest BCUT2D eigenvalue weighted by atomic mass is 10.1. The van der Waals surface area contributed by atoms with Gasteiger partial charge in [-0.2, -0.15) is 5.26 Å². The summed E-state index contributed by atoms with van der Waals surface area (Å²) >= 11 is 5.81. The van der Waals surface area contributed by atoms with Crippen LogP contribution in [0.2, 0.25) is 5.02 Å². The van der Waals surface area contributed by atoms with Crippen LogP contribution in [0.5, 0.6) is 0 Å². The van der Waals surface area contributed by atoms with Gasteiger partial charge in [0.05, 0.1) is 11.6 Å². The van der Waals surface area contributed by atoms with Gasteiger partial charge in [-0.1, -0.05) is 29.8 Å². The number of halogens is 2. The number of nitrogens with one attached hydrogen (secondary N) is 1. The molecule has 0 saturated heterocycles. The monoisotopic (exact) mass is 288 g/mol. The van der Waals surface area contributed by atoms with Crippen molar-refractivity contribution in [3.63, 3.8) is 0 Å². The number of hydrogen-bond acceptors (Lipinski definition) is 2. The summed E-state index contributed by atoms with van der Waals surface area (Å²) in [5, 5.41) is 12.6. The quantitative estimate of drug-likeness (QED) is 0.852. The van der Waals surface area contributed by atoms with Crippen LogP contribution in [0.15, 0.2) is 42.5 Å². The number of nitriles is 1. The molecule has 0 aliphatic heterocycles. The average Bonchev–Trinajstić information content (AvgIpc) is 2.46. The van der Waals surface area contributed by atoms with Crippen LogP contribution in [-0.4, -0.2) is 6.54 Å². The summed E-state index contributed by atoms with van der Waals surface area (Å²) in [7, 11) is 0.